The molecule has 0 aliphatic carbocycles. The number of benzene rings is 9. The number of aromatic nitrogens is 2. The summed E-state index contributed by atoms with van der Waals surface area (Å²) in [5, 5.41) is 9.31. The van der Waals surface area contributed by atoms with Gasteiger partial charge in [0.2, 0.25) is 0 Å². The molecule has 0 saturated heterocycles. The van der Waals surface area contributed by atoms with Crippen molar-refractivity contribution in [2.75, 3.05) is 0 Å². The molecule has 0 amide bonds. The minimum absolute atomic E-state index is 0.889. The smallest absolute Gasteiger partial charge is 0.160 e. The quantitative estimate of drug-likeness (QED) is 0.180. The van der Waals surface area contributed by atoms with Crippen molar-refractivity contribution < 1.29 is 8.83 Å². The molecular formula is C54H32N2O2. The number of hydrogen-bond donors (Lipinski definition) is 0. The van der Waals surface area contributed by atoms with Crippen LogP contribution in [0.15, 0.2) is 203 Å². The first-order valence-corrected chi connectivity index (χ1v) is 19.8. The predicted molar refractivity (Wildman–Crippen MR) is 241 cm³/mol. The number of rotatable bonds is 4. The van der Waals surface area contributed by atoms with Gasteiger partial charge in [-0.1, -0.05) is 121 Å². The van der Waals surface area contributed by atoms with Crippen LogP contribution in [0.4, 0.5) is 0 Å². The molecule has 4 heteroatoms. The number of furan rings is 2. The van der Waals surface area contributed by atoms with Gasteiger partial charge >= 0.3 is 0 Å². The summed E-state index contributed by atoms with van der Waals surface area (Å²) < 4.78 is 17.9. The summed E-state index contributed by atoms with van der Waals surface area (Å²) in [5.74, 6) is 0. The molecule has 0 radical (unpaired) electrons. The van der Waals surface area contributed by atoms with Crippen LogP contribution in [0.25, 0.3) is 121 Å². The van der Waals surface area contributed by atoms with Gasteiger partial charge in [0.15, 0.2) is 5.58 Å². The summed E-state index contributed by atoms with van der Waals surface area (Å²) in [6, 6.07) is 69.5. The first-order valence-electron chi connectivity index (χ1n) is 19.8. The Labute approximate surface area is 332 Å². The second-order valence-corrected chi connectivity index (χ2v) is 15.3. The van der Waals surface area contributed by atoms with Crippen molar-refractivity contribution in [1.82, 2.24) is 9.13 Å². The molecule has 4 heterocycles. The lowest BCUT2D eigenvalue weighted by atomic mass is 10.0. The van der Waals surface area contributed by atoms with Gasteiger partial charge in [-0.3, -0.25) is 0 Å². The third-order valence-corrected chi connectivity index (χ3v) is 12.1. The minimum atomic E-state index is 0.889. The topological polar surface area (TPSA) is 36.1 Å². The average molecular weight is 741 g/mol. The zero-order chi connectivity index (χ0) is 37.9. The lowest BCUT2D eigenvalue weighted by molar-refractivity contribution is 0.670. The van der Waals surface area contributed by atoms with Gasteiger partial charge < -0.3 is 18.0 Å². The van der Waals surface area contributed by atoms with Gasteiger partial charge in [-0.05, 0) is 89.5 Å². The Hall–Kier alpha value is -7.82. The van der Waals surface area contributed by atoms with Crippen LogP contribution in [0.2, 0.25) is 0 Å². The first-order chi connectivity index (χ1) is 28.8. The van der Waals surface area contributed by atoms with Crippen molar-refractivity contribution in [2.45, 2.75) is 0 Å². The molecule has 4 aromatic heterocycles. The molecule has 0 aliphatic heterocycles. The van der Waals surface area contributed by atoms with Crippen LogP contribution in [-0.4, -0.2) is 9.13 Å². The zero-order valence-corrected chi connectivity index (χ0v) is 31.2. The van der Waals surface area contributed by atoms with Crippen LogP contribution in [0, 0.1) is 0 Å². The molecule has 9 aromatic carbocycles. The van der Waals surface area contributed by atoms with E-state index >= 15 is 0 Å². The lowest BCUT2D eigenvalue weighted by Gasteiger charge is -2.11. The Morgan fingerprint density at radius 1 is 0.293 bits per heavy atom. The highest BCUT2D eigenvalue weighted by molar-refractivity contribution is 6.22. The molecule has 270 valence electrons. The van der Waals surface area contributed by atoms with Crippen LogP contribution >= 0.6 is 0 Å². The van der Waals surface area contributed by atoms with E-state index in [4.69, 9.17) is 8.83 Å². The Kier molecular flexibility index (Phi) is 6.41. The molecule has 4 nitrogen and oxygen atoms in total. The maximum Gasteiger partial charge on any atom is 0.160 e. The fourth-order valence-corrected chi connectivity index (χ4v) is 9.50. The summed E-state index contributed by atoms with van der Waals surface area (Å²) in [5.41, 5.74) is 14.9. The normalized spacial score (nSPS) is 12.1. The Morgan fingerprint density at radius 2 is 0.810 bits per heavy atom. The Balaban J connectivity index is 1.01. The van der Waals surface area contributed by atoms with Crippen molar-refractivity contribution >= 4 is 87.5 Å². The Bertz CT molecular complexity index is 3780. The fraction of sp³-hybridized carbons (Fsp3) is 0. The van der Waals surface area contributed by atoms with Gasteiger partial charge in [-0.2, -0.15) is 0 Å². The Morgan fingerprint density at radius 3 is 1.55 bits per heavy atom. The molecule has 0 fully saturated rings. The molecule has 0 unspecified atom stereocenters. The monoisotopic (exact) mass is 740 g/mol. The highest BCUT2D eigenvalue weighted by Crippen LogP contribution is 2.43. The molecule has 0 spiro atoms. The maximum atomic E-state index is 6.73. The number of para-hydroxylation sites is 5. The van der Waals surface area contributed by atoms with E-state index in [2.05, 4.69) is 185 Å². The molecule has 0 bridgehead atoms. The standard InChI is InChI=1S/C54H32N2O2/c1-2-11-36(12-3-1)55-47-18-7-4-13-39(47)45-31-34(23-29-48(45)55)35-24-30-49-46(32-35)42-27-28-44-41-15-6-9-20-51(41)58-54(44)52(42)56(49)37-25-21-33(22-26-37)38-16-10-17-43-40-14-5-8-19-50(40)57-53(38)43/h1-32H. The van der Waals surface area contributed by atoms with Crippen molar-refractivity contribution in [1.29, 1.82) is 0 Å². The molecule has 13 rings (SSSR count). The van der Waals surface area contributed by atoms with Crippen molar-refractivity contribution in [3.05, 3.63) is 194 Å². The molecule has 13 aromatic rings. The van der Waals surface area contributed by atoms with Crippen molar-refractivity contribution in [2.24, 2.45) is 0 Å². The van der Waals surface area contributed by atoms with Gasteiger partial charge in [0.25, 0.3) is 0 Å². The third-order valence-electron chi connectivity index (χ3n) is 12.1. The average Bonchev–Trinajstić information content (AvgIpc) is 4.04. The van der Waals surface area contributed by atoms with Crippen LogP contribution in [0.5, 0.6) is 0 Å². The van der Waals surface area contributed by atoms with Gasteiger partial charge in [-0.25, -0.2) is 0 Å². The van der Waals surface area contributed by atoms with E-state index < -0.39 is 0 Å². The van der Waals surface area contributed by atoms with E-state index in [-0.39, 0.29) is 0 Å². The van der Waals surface area contributed by atoms with Gasteiger partial charge in [0.05, 0.1) is 22.1 Å². The number of nitrogens with zero attached hydrogens (tertiary/aromatic N) is 2. The van der Waals surface area contributed by atoms with Gasteiger partial charge in [0, 0.05) is 60.0 Å². The SMILES string of the molecule is c1ccc(-n2c3ccccc3c3cc(-c4ccc5c(c4)c4ccc6c7ccccc7oc6c4n5-c4ccc(-c5cccc6c5oc5ccccc56)cc4)ccc32)cc1. The summed E-state index contributed by atoms with van der Waals surface area (Å²) in [7, 11) is 0. The first kappa shape index (κ1) is 31.4. The predicted octanol–water partition coefficient (Wildman–Crippen LogP) is 15.0. The van der Waals surface area contributed by atoms with Crippen molar-refractivity contribution in [3.8, 4) is 33.6 Å². The van der Waals surface area contributed by atoms with Crippen LogP contribution in [0.1, 0.15) is 0 Å². The summed E-state index contributed by atoms with van der Waals surface area (Å²) in [6.45, 7) is 0. The van der Waals surface area contributed by atoms with E-state index in [0.29, 0.717) is 0 Å². The lowest BCUT2D eigenvalue weighted by Crippen LogP contribution is -1.94. The van der Waals surface area contributed by atoms with Crippen LogP contribution < -0.4 is 0 Å². The highest BCUT2D eigenvalue weighted by Gasteiger charge is 2.21. The van der Waals surface area contributed by atoms with Crippen molar-refractivity contribution in [3.63, 3.8) is 0 Å². The largest absolute Gasteiger partial charge is 0.455 e. The van der Waals surface area contributed by atoms with Crippen LogP contribution in [-0.2, 0) is 0 Å². The highest BCUT2D eigenvalue weighted by atomic mass is 16.3. The van der Waals surface area contributed by atoms with E-state index in [9.17, 15) is 0 Å². The number of hydrogen-bond acceptors (Lipinski definition) is 2. The van der Waals surface area contributed by atoms with E-state index in [1.54, 1.807) is 0 Å². The third kappa shape index (κ3) is 4.40. The molecular weight excluding hydrogens is 709 g/mol. The summed E-state index contributed by atoms with van der Waals surface area (Å²) in [4.78, 5) is 0. The summed E-state index contributed by atoms with van der Waals surface area (Å²) >= 11 is 0. The van der Waals surface area contributed by atoms with E-state index in [0.717, 1.165) is 82.8 Å². The van der Waals surface area contributed by atoms with E-state index in [1.165, 1.54) is 38.3 Å². The van der Waals surface area contributed by atoms with Gasteiger partial charge in [0.1, 0.15) is 16.7 Å². The van der Waals surface area contributed by atoms with E-state index in [1.807, 2.05) is 18.2 Å². The second kappa shape index (κ2) is 11.8. The van der Waals surface area contributed by atoms with Gasteiger partial charge in [-0.15, -0.1) is 0 Å². The molecule has 58 heavy (non-hydrogen) atoms. The molecule has 0 atom stereocenters. The minimum Gasteiger partial charge on any atom is -0.455 e. The number of fused-ring (bicyclic) bond motifs is 13. The maximum absolute atomic E-state index is 6.73. The van der Waals surface area contributed by atoms with Crippen LogP contribution in [0.3, 0.4) is 0 Å². The fourth-order valence-electron chi connectivity index (χ4n) is 9.50. The molecule has 0 N–H and O–H groups in total. The second-order valence-electron chi connectivity index (χ2n) is 15.3. The molecule has 0 saturated carbocycles. The summed E-state index contributed by atoms with van der Waals surface area (Å²) in [6.07, 6.45) is 0. The molecule has 0 aliphatic rings. The zero-order valence-electron chi connectivity index (χ0n) is 31.2.